The molecule has 0 radical (unpaired) electrons. The molecule has 0 atom stereocenters. The summed E-state index contributed by atoms with van der Waals surface area (Å²) in [7, 11) is 0. The molecule has 2 aromatic carbocycles. The van der Waals surface area contributed by atoms with E-state index >= 15 is 0 Å². The first-order chi connectivity index (χ1) is 11.9. The van der Waals surface area contributed by atoms with Crippen molar-refractivity contribution in [1.29, 1.82) is 0 Å². The lowest BCUT2D eigenvalue weighted by Gasteiger charge is -2.07. The van der Waals surface area contributed by atoms with Gasteiger partial charge in [-0.25, -0.2) is 5.43 Å². The van der Waals surface area contributed by atoms with Crippen LogP contribution in [0, 0.1) is 6.92 Å². The minimum Gasteiger partial charge on any atom is -0.376 e. The SMILES string of the molecule is CC(=O)Nc1cccc(/C(C)=N\NC(=O)CNc2ccc(C)cc2)c1. The van der Waals surface area contributed by atoms with Gasteiger partial charge in [-0.3, -0.25) is 9.59 Å². The number of benzene rings is 2. The van der Waals surface area contributed by atoms with E-state index in [1.54, 1.807) is 19.1 Å². The zero-order chi connectivity index (χ0) is 18.2. The van der Waals surface area contributed by atoms with E-state index in [0.717, 1.165) is 16.8 Å². The summed E-state index contributed by atoms with van der Waals surface area (Å²) in [6.45, 7) is 5.39. The van der Waals surface area contributed by atoms with Crippen molar-refractivity contribution in [2.45, 2.75) is 20.8 Å². The number of nitrogens with zero attached hydrogens (tertiary/aromatic N) is 1. The molecule has 0 saturated carbocycles. The number of anilines is 2. The Bertz CT molecular complexity index is 782. The van der Waals surface area contributed by atoms with E-state index in [-0.39, 0.29) is 18.4 Å². The van der Waals surface area contributed by atoms with Crippen LogP contribution in [0.25, 0.3) is 0 Å². The van der Waals surface area contributed by atoms with E-state index < -0.39 is 0 Å². The van der Waals surface area contributed by atoms with Crippen LogP contribution < -0.4 is 16.1 Å². The first kappa shape index (κ1) is 18.2. The van der Waals surface area contributed by atoms with Gasteiger partial charge in [-0.05, 0) is 43.7 Å². The first-order valence-electron chi connectivity index (χ1n) is 7.96. The molecule has 2 rings (SSSR count). The van der Waals surface area contributed by atoms with Crippen LogP contribution in [0.2, 0.25) is 0 Å². The molecular formula is C19H22N4O2. The van der Waals surface area contributed by atoms with E-state index in [0.29, 0.717) is 11.4 Å². The van der Waals surface area contributed by atoms with Gasteiger partial charge in [0, 0.05) is 18.3 Å². The lowest BCUT2D eigenvalue weighted by atomic mass is 10.1. The van der Waals surface area contributed by atoms with E-state index in [1.807, 2.05) is 43.3 Å². The van der Waals surface area contributed by atoms with Gasteiger partial charge >= 0.3 is 0 Å². The summed E-state index contributed by atoms with van der Waals surface area (Å²) in [4.78, 5) is 23.0. The molecule has 130 valence electrons. The molecule has 25 heavy (non-hydrogen) atoms. The highest BCUT2D eigenvalue weighted by Gasteiger charge is 2.03. The molecule has 0 spiro atoms. The van der Waals surface area contributed by atoms with Crippen LogP contribution in [0.3, 0.4) is 0 Å². The largest absolute Gasteiger partial charge is 0.376 e. The third-order valence-electron chi connectivity index (χ3n) is 3.45. The minimum absolute atomic E-state index is 0.131. The highest BCUT2D eigenvalue weighted by Crippen LogP contribution is 2.11. The normalized spacial score (nSPS) is 10.9. The molecule has 0 saturated heterocycles. The second-order valence-corrected chi connectivity index (χ2v) is 5.71. The molecule has 6 heteroatoms. The molecule has 0 bridgehead atoms. The Balaban J connectivity index is 1.90. The van der Waals surface area contributed by atoms with Crippen LogP contribution in [0.5, 0.6) is 0 Å². The van der Waals surface area contributed by atoms with Crippen molar-refractivity contribution >= 4 is 28.9 Å². The molecule has 0 aromatic heterocycles. The van der Waals surface area contributed by atoms with Crippen molar-refractivity contribution in [3.8, 4) is 0 Å². The number of hydrogen-bond donors (Lipinski definition) is 3. The number of rotatable bonds is 6. The number of aryl methyl sites for hydroxylation is 1. The van der Waals surface area contributed by atoms with Crippen molar-refractivity contribution in [2.24, 2.45) is 5.10 Å². The van der Waals surface area contributed by atoms with Crippen LogP contribution >= 0.6 is 0 Å². The van der Waals surface area contributed by atoms with Crippen LogP contribution in [-0.2, 0) is 9.59 Å². The molecule has 0 aliphatic carbocycles. The average Bonchev–Trinajstić information content (AvgIpc) is 2.59. The molecule has 0 fully saturated rings. The summed E-state index contributed by atoms with van der Waals surface area (Å²) in [6, 6.07) is 15.1. The molecule has 0 aliphatic heterocycles. The van der Waals surface area contributed by atoms with Gasteiger partial charge in [0.05, 0.1) is 12.3 Å². The molecule has 0 unspecified atom stereocenters. The Morgan fingerprint density at radius 1 is 1.00 bits per heavy atom. The summed E-state index contributed by atoms with van der Waals surface area (Å²) >= 11 is 0. The molecule has 3 N–H and O–H groups in total. The van der Waals surface area contributed by atoms with E-state index in [9.17, 15) is 9.59 Å². The Labute approximate surface area is 147 Å². The van der Waals surface area contributed by atoms with E-state index in [1.165, 1.54) is 6.92 Å². The summed E-state index contributed by atoms with van der Waals surface area (Å²) in [5, 5.41) is 9.86. The van der Waals surface area contributed by atoms with Gasteiger partial charge in [0.25, 0.3) is 5.91 Å². The quantitative estimate of drug-likeness (QED) is 0.559. The van der Waals surface area contributed by atoms with Crippen molar-refractivity contribution in [3.05, 3.63) is 59.7 Å². The number of hydrogen-bond acceptors (Lipinski definition) is 4. The van der Waals surface area contributed by atoms with Crippen molar-refractivity contribution < 1.29 is 9.59 Å². The number of carbonyl (C=O) groups excluding carboxylic acids is 2. The molecular weight excluding hydrogens is 316 g/mol. The first-order valence-corrected chi connectivity index (χ1v) is 7.96. The third-order valence-corrected chi connectivity index (χ3v) is 3.45. The highest BCUT2D eigenvalue weighted by molar-refractivity contribution is 6.01. The average molecular weight is 338 g/mol. The zero-order valence-electron chi connectivity index (χ0n) is 14.6. The Kier molecular flexibility index (Phi) is 6.28. The van der Waals surface area contributed by atoms with Crippen molar-refractivity contribution in [2.75, 3.05) is 17.2 Å². The summed E-state index contributed by atoms with van der Waals surface area (Å²) < 4.78 is 0. The van der Waals surface area contributed by atoms with Gasteiger partial charge in [0.2, 0.25) is 5.91 Å². The number of nitrogens with one attached hydrogen (secondary N) is 3. The lowest BCUT2D eigenvalue weighted by Crippen LogP contribution is -2.26. The predicted octanol–water partition coefficient (Wildman–Crippen LogP) is 2.91. The van der Waals surface area contributed by atoms with Gasteiger partial charge in [-0.1, -0.05) is 29.8 Å². The van der Waals surface area contributed by atoms with Crippen molar-refractivity contribution in [1.82, 2.24) is 5.43 Å². The van der Waals surface area contributed by atoms with Gasteiger partial charge in [0.15, 0.2) is 0 Å². The Morgan fingerprint density at radius 2 is 1.72 bits per heavy atom. The fourth-order valence-electron chi connectivity index (χ4n) is 2.13. The Morgan fingerprint density at radius 3 is 2.40 bits per heavy atom. The van der Waals surface area contributed by atoms with E-state index in [4.69, 9.17) is 0 Å². The summed E-state index contributed by atoms with van der Waals surface area (Å²) in [6.07, 6.45) is 0. The lowest BCUT2D eigenvalue weighted by molar-refractivity contribution is -0.119. The van der Waals surface area contributed by atoms with Gasteiger partial charge < -0.3 is 10.6 Å². The fraction of sp³-hybridized carbons (Fsp3) is 0.211. The maximum atomic E-state index is 11.9. The van der Waals surface area contributed by atoms with Crippen LogP contribution in [0.4, 0.5) is 11.4 Å². The molecule has 2 aromatic rings. The van der Waals surface area contributed by atoms with Crippen LogP contribution in [-0.4, -0.2) is 24.1 Å². The van der Waals surface area contributed by atoms with Gasteiger partial charge in [0.1, 0.15) is 0 Å². The van der Waals surface area contributed by atoms with Crippen LogP contribution in [0.1, 0.15) is 25.0 Å². The topological polar surface area (TPSA) is 82.6 Å². The molecule has 6 nitrogen and oxygen atoms in total. The predicted molar refractivity (Wildman–Crippen MR) is 101 cm³/mol. The van der Waals surface area contributed by atoms with Crippen LogP contribution in [0.15, 0.2) is 53.6 Å². The second-order valence-electron chi connectivity index (χ2n) is 5.71. The number of amides is 2. The molecule has 0 heterocycles. The second kappa shape index (κ2) is 8.63. The molecule has 2 amide bonds. The minimum atomic E-state index is -0.238. The maximum Gasteiger partial charge on any atom is 0.259 e. The summed E-state index contributed by atoms with van der Waals surface area (Å²) in [5.74, 6) is -0.375. The van der Waals surface area contributed by atoms with Gasteiger partial charge in [-0.15, -0.1) is 0 Å². The molecule has 0 aliphatic rings. The standard InChI is InChI=1S/C19H22N4O2/c1-13-7-9-17(10-8-13)20-12-19(25)23-22-14(2)16-5-4-6-18(11-16)21-15(3)24/h4-11,20H,12H2,1-3H3,(H,21,24)(H,23,25)/b22-14-. The highest BCUT2D eigenvalue weighted by atomic mass is 16.2. The smallest absolute Gasteiger partial charge is 0.259 e. The third kappa shape index (κ3) is 6.10. The Hall–Kier alpha value is -3.15. The number of carbonyl (C=O) groups is 2. The van der Waals surface area contributed by atoms with Crippen molar-refractivity contribution in [3.63, 3.8) is 0 Å². The van der Waals surface area contributed by atoms with E-state index in [2.05, 4.69) is 21.2 Å². The van der Waals surface area contributed by atoms with Gasteiger partial charge in [-0.2, -0.15) is 5.10 Å². The summed E-state index contributed by atoms with van der Waals surface area (Å²) in [5.41, 5.74) is 6.72. The maximum absolute atomic E-state index is 11.9. The monoisotopic (exact) mass is 338 g/mol. The fourth-order valence-corrected chi connectivity index (χ4v) is 2.13. The number of hydrazone groups is 1. The zero-order valence-corrected chi connectivity index (χ0v) is 14.6.